The van der Waals surface area contributed by atoms with Crippen LogP contribution in [0.3, 0.4) is 0 Å². The monoisotopic (exact) mass is 198 g/mol. The molecule has 0 aromatic rings. The number of rotatable bonds is 0. The van der Waals surface area contributed by atoms with E-state index in [1.165, 1.54) is 0 Å². The molecule has 58 valence electrons. The first-order valence-electron chi connectivity index (χ1n) is 1.13. The summed E-state index contributed by atoms with van der Waals surface area (Å²) >= 11 is 0. The van der Waals surface area contributed by atoms with E-state index in [-0.39, 0.29) is 58.0 Å². The van der Waals surface area contributed by atoms with E-state index >= 15 is 0 Å². The molecule has 0 unspecified atom stereocenters. The van der Waals surface area contributed by atoms with Gasteiger partial charge in [-0.25, -0.2) is 0 Å². The molecule has 0 rings (SSSR count). The van der Waals surface area contributed by atoms with Crippen LogP contribution >= 0.6 is 0 Å². The molecule has 0 aromatic heterocycles. The number of hydrogen-bond donors (Lipinski definition) is 2. The van der Waals surface area contributed by atoms with E-state index in [2.05, 4.69) is 0 Å². The van der Waals surface area contributed by atoms with Gasteiger partial charge in [0.15, 0.2) is 17.4 Å². The standard InChI is InChI=1S/Al.Ca.2HNO3.5H/c;;2*2-1(3)4;;;;;/h;;2*(H,2,3,4);;;;;/q;+2;;;;;;2*-1. The van der Waals surface area contributed by atoms with Gasteiger partial charge in [0.25, 0.3) is 10.2 Å². The molecule has 0 heterocycles. The molecule has 0 aromatic carbocycles. The Hall–Kier alpha value is 0.192. The second-order valence-electron chi connectivity index (χ2n) is 0.476. The fraction of sp³-hybridized carbons (Fsp3) is 0. The van der Waals surface area contributed by atoms with Gasteiger partial charge in [0.05, 0.1) is 0 Å². The third-order valence-corrected chi connectivity index (χ3v) is 0. The average Bonchev–Trinajstić information content (AvgIpc) is 1.25. The fourth-order valence-electron chi connectivity index (χ4n) is 0. The summed E-state index contributed by atoms with van der Waals surface area (Å²) in [4.78, 5) is 16.7. The van der Waals surface area contributed by atoms with Crippen molar-refractivity contribution in [3.63, 3.8) is 0 Å². The zero-order valence-electron chi connectivity index (χ0n) is 6.13. The summed E-state index contributed by atoms with van der Waals surface area (Å²) in [5.41, 5.74) is 0. The van der Waals surface area contributed by atoms with E-state index < -0.39 is 10.2 Å². The van der Waals surface area contributed by atoms with Crippen LogP contribution in [0.4, 0.5) is 0 Å². The minimum Gasteiger partial charge on any atom is -1.00 e. The van der Waals surface area contributed by atoms with Gasteiger partial charge in [0.1, 0.15) is 0 Å². The van der Waals surface area contributed by atoms with Crippen LogP contribution in [-0.4, -0.2) is 75.7 Å². The maximum Gasteiger partial charge on any atom is 2.00 e. The van der Waals surface area contributed by atoms with Gasteiger partial charge in [0, 0.05) is 0 Å². The SMILES string of the molecule is O=[N+]([O-])O.O=[N+]([O-])O.[AlH3].[Ca+2].[H-].[H-]. The second-order valence-corrected chi connectivity index (χ2v) is 0.476. The van der Waals surface area contributed by atoms with Crippen LogP contribution in [0.25, 0.3) is 0 Å². The Labute approximate surface area is 98.1 Å². The maximum absolute atomic E-state index is 8.36. The first kappa shape index (κ1) is 22.5. The molecule has 0 saturated carbocycles. The Morgan fingerprint density at radius 3 is 1.10 bits per heavy atom. The van der Waals surface area contributed by atoms with E-state index in [1.807, 2.05) is 0 Å². The molecule has 0 fully saturated rings. The van der Waals surface area contributed by atoms with Crippen molar-refractivity contribution < 1.29 is 23.4 Å². The van der Waals surface area contributed by atoms with Gasteiger partial charge in [-0.1, -0.05) is 0 Å². The molecule has 10 heteroatoms. The average molecular weight is 198 g/mol. The zero-order valence-corrected chi connectivity index (χ0v) is 6.34. The number of nitrogens with zero attached hydrogens (tertiary/aromatic N) is 2. The Morgan fingerprint density at radius 2 is 1.10 bits per heavy atom. The van der Waals surface area contributed by atoms with Gasteiger partial charge < -0.3 is 13.3 Å². The predicted octanol–water partition coefficient (Wildman–Crippen LogP) is -2.04. The Bertz CT molecular complexity index is 81.5. The van der Waals surface area contributed by atoms with Crippen molar-refractivity contribution in [2.45, 2.75) is 0 Å². The third kappa shape index (κ3) is 11500. The van der Waals surface area contributed by atoms with Crippen molar-refractivity contribution in [1.82, 2.24) is 0 Å². The molecule has 2 N–H and O–H groups in total. The van der Waals surface area contributed by atoms with Crippen LogP contribution in [0.1, 0.15) is 2.85 Å². The molecule has 8 nitrogen and oxygen atoms in total. The van der Waals surface area contributed by atoms with Crippen LogP contribution in [0.2, 0.25) is 0 Å². The first-order valence-corrected chi connectivity index (χ1v) is 1.13. The molecule has 0 spiro atoms. The molecular weight excluding hydrogens is 191 g/mol. The minimum atomic E-state index is -1.50. The van der Waals surface area contributed by atoms with Crippen LogP contribution in [-0.2, 0) is 0 Å². The van der Waals surface area contributed by atoms with Crippen LogP contribution in [0.15, 0.2) is 0 Å². The number of hydrogen-bond acceptors (Lipinski definition) is 4. The van der Waals surface area contributed by atoms with E-state index in [0.29, 0.717) is 0 Å². The molecule has 10 heavy (non-hydrogen) atoms. The van der Waals surface area contributed by atoms with Gasteiger partial charge in [-0.2, -0.15) is 0 Å². The summed E-state index contributed by atoms with van der Waals surface area (Å²) in [6.07, 6.45) is 0. The Morgan fingerprint density at radius 1 is 1.10 bits per heavy atom. The van der Waals surface area contributed by atoms with E-state index in [4.69, 9.17) is 30.6 Å². The molecule has 0 amide bonds. The third-order valence-electron chi connectivity index (χ3n) is 0. The van der Waals surface area contributed by atoms with Gasteiger partial charge in [-0.05, 0) is 0 Å². The van der Waals surface area contributed by atoms with Gasteiger partial charge in [-0.3, -0.25) is 0 Å². The molecule has 0 radical (unpaired) electrons. The Kier molecular flexibility index (Phi) is 36.1. The van der Waals surface area contributed by atoms with Crippen molar-refractivity contribution >= 4 is 55.1 Å². The van der Waals surface area contributed by atoms with E-state index in [1.54, 1.807) is 0 Å². The van der Waals surface area contributed by atoms with Crippen molar-refractivity contribution in [1.29, 1.82) is 0 Å². The summed E-state index contributed by atoms with van der Waals surface area (Å²) in [6.45, 7) is 0. The van der Waals surface area contributed by atoms with Crippen molar-refractivity contribution in [2.75, 3.05) is 0 Å². The van der Waals surface area contributed by atoms with Crippen LogP contribution in [0, 0.1) is 20.2 Å². The fourth-order valence-corrected chi connectivity index (χ4v) is 0. The molecule has 0 aliphatic heterocycles. The molecular formula is H7AlCaN2O6. The van der Waals surface area contributed by atoms with Crippen molar-refractivity contribution in [2.24, 2.45) is 0 Å². The van der Waals surface area contributed by atoms with Crippen molar-refractivity contribution in [3.05, 3.63) is 20.2 Å². The van der Waals surface area contributed by atoms with E-state index in [9.17, 15) is 0 Å². The summed E-state index contributed by atoms with van der Waals surface area (Å²) in [5, 5.41) is 27.3. The summed E-state index contributed by atoms with van der Waals surface area (Å²) in [7, 11) is 0. The van der Waals surface area contributed by atoms with Crippen LogP contribution < -0.4 is 0 Å². The normalized spacial score (nSPS) is 4.80. The van der Waals surface area contributed by atoms with Gasteiger partial charge in [0.2, 0.25) is 0 Å². The summed E-state index contributed by atoms with van der Waals surface area (Å²) in [5.74, 6) is 0. The Balaban J connectivity index is -0.0000000112. The van der Waals surface area contributed by atoms with Gasteiger partial charge in [-0.15, -0.1) is 20.2 Å². The maximum atomic E-state index is 8.36. The largest absolute Gasteiger partial charge is 2.00 e. The molecule has 0 atom stereocenters. The molecule has 0 saturated heterocycles. The summed E-state index contributed by atoms with van der Waals surface area (Å²) < 4.78 is 0. The molecule has 0 bridgehead atoms. The van der Waals surface area contributed by atoms with Crippen LogP contribution in [0.5, 0.6) is 0 Å². The predicted molar refractivity (Wildman–Crippen MR) is 35.5 cm³/mol. The van der Waals surface area contributed by atoms with Crippen molar-refractivity contribution in [3.8, 4) is 0 Å². The molecule has 0 aliphatic rings. The van der Waals surface area contributed by atoms with E-state index in [0.717, 1.165) is 0 Å². The first-order chi connectivity index (χ1) is 3.46. The molecule has 0 aliphatic carbocycles. The topological polar surface area (TPSA) is 127 Å². The quantitative estimate of drug-likeness (QED) is 0.262. The van der Waals surface area contributed by atoms with Gasteiger partial charge >= 0.3 is 37.7 Å². The minimum absolute atomic E-state index is 0. The smallest absolute Gasteiger partial charge is 1.00 e. The zero-order chi connectivity index (χ0) is 7.15. The summed E-state index contributed by atoms with van der Waals surface area (Å²) in [6, 6.07) is 0. The second kappa shape index (κ2) is 16.1.